The number of fused-ring (bicyclic) bond motifs is 1. The van der Waals surface area contributed by atoms with E-state index in [1.165, 1.54) is 0 Å². The second-order valence-corrected chi connectivity index (χ2v) is 12.7. The fourth-order valence-corrected chi connectivity index (χ4v) is 5.38. The molecule has 1 aliphatic heterocycles. The Kier molecular flexibility index (Phi) is 9.50. The van der Waals surface area contributed by atoms with Crippen LogP contribution in [0.1, 0.15) is 60.5 Å². The molecular weight excluding hydrogens is 494 g/mol. The molecule has 2 N–H and O–H groups in total. The molecule has 1 aromatic rings. The highest BCUT2D eigenvalue weighted by Gasteiger charge is 2.53. The molecule has 0 aromatic heterocycles. The van der Waals surface area contributed by atoms with Gasteiger partial charge in [0.2, 0.25) is 0 Å². The predicted molar refractivity (Wildman–Crippen MR) is 152 cm³/mol. The molecule has 3 atom stereocenters. The van der Waals surface area contributed by atoms with Gasteiger partial charge in [0, 0.05) is 24.6 Å². The number of carbonyl (C=O) groups excluding carboxylic acids is 2. The molecule has 7 nitrogen and oxygen atoms in total. The molecule has 7 heteroatoms. The summed E-state index contributed by atoms with van der Waals surface area (Å²) < 4.78 is 11.5. The summed E-state index contributed by atoms with van der Waals surface area (Å²) in [6.45, 7) is 14.2. The third kappa shape index (κ3) is 6.64. The summed E-state index contributed by atoms with van der Waals surface area (Å²) in [6, 6.07) is 9.32. The first kappa shape index (κ1) is 30.6. The summed E-state index contributed by atoms with van der Waals surface area (Å²) in [6.07, 6.45) is 7.16. The smallest absolute Gasteiger partial charge is 0.312 e. The van der Waals surface area contributed by atoms with E-state index < -0.39 is 11.5 Å². The molecule has 3 unspecified atom stereocenters. The van der Waals surface area contributed by atoms with E-state index in [0.717, 1.165) is 5.56 Å². The Labute approximate surface area is 233 Å². The third-order valence-electron chi connectivity index (χ3n) is 8.32. The van der Waals surface area contributed by atoms with Crippen molar-refractivity contribution in [3.05, 3.63) is 66.0 Å². The van der Waals surface area contributed by atoms with Crippen molar-refractivity contribution in [2.45, 2.75) is 67.0 Å². The molecule has 214 valence electrons. The molecule has 0 saturated heterocycles. The maximum Gasteiger partial charge on any atom is 0.312 e. The van der Waals surface area contributed by atoms with E-state index in [1.807, 2.05) is 103 Å². The van der Waals surface area contributed by atoms with Crippen molar-refractivity contribution in [3.63, 3.8) is 0 Å². The summed E-state index contributed by atoms with van der Waals surface area (Å²) in [5.41, 5.74) is 0.0632. The molecule has 1 heterocycles. The lowest BCUT2D eigenvalue weighted by Gasteiger charge is -2.48. The Balaban J connectivity index is 1.67. The molecule has 3 rings (SSSR count). The van der Waals surface area contributed by atoms with E-state index in [-0.39, 0.29) is 54.5 Å². The first-order valence-electron chi connectivity index (χ1n) is 13.8. The number of aliphatic hydroxyl groups excluding tert-OH is 2. The average Bonchev–Trinajstić information content (AvgIpc) is 2.88. The molecule has 0 saturated carbocycles. The molecule has 0 bridgehead atoms. The van der Waals surface area contributed by atoms with E-state index >= 15 is 0 Å². The SMILES string of the molecule is CC(C)(C)C(C)(C(=O)OCC(O)COC1=CC2C(C=C1)C=C(c1ccccc1)C(=O)N2CCCO)C(C)(C)C. The number of benzene rings is 1. The Hall–Kier alpha value is -2.90. The maximum absolute atomic E-state index is 13.4. The first-order chi connectivity index (χ1) is 18.2. The summed E-state index contributed by atoms with van der Waals surface area (Å²) >= 11 is 0. The van der Waals surface area contributed by atoms with Gasteiger partial charge in [0.25, 0.3) is 5.91 Å². The normalized spacial score (nSPS) is 20.6. The van der Waals surface area contributed by atoms with E-state index in [9.17, 15) is 19.8 Å². The number of aliphatic hydroxyl groups is 2. The van der Waals surface area contributed by atoms with Crippen molar-refractivity contribution in [1.29, 1.82) is 0 Å². The first-order valence-corrected chi connectivity index (χ1v) is 13.8. The minimum absolute atomic E-state index is 0.0111. The summed E-state index contributed by atoms with van der Waals surface area (Å²) in [5.74, 6) is 0.0634. The Morgan fingerprint density at radius 3 is 2.23 bits per heavy atom. The largest absolute Gasteiger partial charge is 0.491 e. The lowest BCUT2D eigenvalue weighted by molar-refractivity contribution is -0.176. The van der Waals surface area contributed by atoms with Crippen molar-refractivity contribution < 1.29 is 29.3 Å². The third-order valence-corrected chi connectivity index (χ3v) is 8.32. The monoisotopic (exact) mass is 539 g/mol. The molecule has 0 spiro atoms. The van der Waals surface area contributed by atoms with Crippen LogP contribution in [0.3, 0.4) is 0 Å². The number of allylic oxidation sites excluding steroid dienone is 1. The van der Waals surface area contributed by atoms with Gasteiger partial charge in [0.1, 0.15) is 25.1 Å². The van der Waals surface area contributed by atoms with Crippen LogP contribution >= 0.6 is 0 Å². The van der Waals surface area contributed by atoms with Gasteiger partial charge in [-0.05, 0) is 41.9 Å². The fourth-order valence-electron chi connectivity index (χ4n) is 5.38. The Morgan fingerprint density at radius 2 is 1.64 bits per heavy atom. The minimum Gasteiger partial charge on any atom is -0.491 e. The van der Waals surface area contributed by atoms with Crippen LogP contribution in [0.2, 0.25) is 0 Å². The summed E-state index contributed by atoms with van der Waals surface area (Å²) in [7, 11) is 0. The van der Waals surface area contributed by atoms with Crippen LogP contribution in [0.4, 0.5) is 0 Å². The number of amides is 1. The van der Waals surface area contributed by atoms with Crippen LogP contribution < -0.4 is 0 Å². The van der Waals surface area contributed by atoms with Gasteiger partial charge in [-0.15, -0.1) is 0 Å². The second kappa shape index (κ2) is 12.1. The van der Waals surface area contributed by atoms with Gasteiger partial charge in [-0.25, -0.2) is 0 Å². The number of esters is 1. The highest BCUT2D eigenvalue weighted by molar-refractivity contribution is 6.20. The van der Waals surface area contributed by atoms with Crippen LogP contribution in [-0.2, 0) is 19.1 Å². The van der Waals surface area contributed by atoms with E-state index in [0.29, 0.717) is 24.3 Å². The lowest BCUT2D eigenvalue weighted by Crippen LogP contribution is -2.51. The van der Waals surface area contributed by atoms with Gasteiger partial charge in [-0.2, -0.15) is 0 Å². The summed E-state index contributed by atoms with van der Waals surface area (Å²) in [4.78, 5) is 28.3. The number of carbonyl (C=O) groups is 2. The van der Waals surface area contributed by atoms with E-state index in [2.05, 4.69) is 0 Å². The number of nitrogens with zero attached hydrogens (tertiary/aromatic N) is 1. The second-order valence-electron chi connectivity index (χ2n) is 12.7. The number of hydrogen-bond acceptors (Lipinski definition) is 6. The maximum atomic E-state index is 13.4. The van der Waals surface area contributed by atoms with Gasteiger partial charge in [-0.3, -0.25) is 9.59 Å². The molecule has 2 aliphatic rings. The van der Waals surface area contributed by atoms with Gasteiger partial charge >= 0.3 is 5.97 Å². The number of rotatable bonds is 10. The zero-order valence-corrected chi connectivity index (χ0v) is 24.4. The van der Waals surface area contributed by atoms with E-state index in [4.69, 9.17) is 9.47 Å². The number of hydrogen-bond donors (Lipinski definition) is 2. The highest BCUT2D eigenvalue weighted by atomic mass is 16.5. The van der Waals surface area contributed by atoms with Crippen molar-refractivity contribution in [2.24, 2.45) is 22.2 Å². The minimum atomic E-state index is -1.01. The van der Waals surface area contributed by atoms with Crippen molar-refractivity contribution in [1.82, 2.24) is 4.90 Å². The Morgan fingerprint density at radius 1 is 1.00 bits per heavy atom. The van der Waals surface area contributed by atoms with Crippen LogP contribution in [0.15, 0.2) is 60.4 Å². The zero-order chi connectivity index (χ0) is 29.0. The molecular formula is C32H45NO6. The Bertz CT molecular complexity index is 1090. The predicted octanol–water partition coefficient (Wildman–Crippen LogP) is 4.75. The molecule has 1 amide bonds. The molecule has 0 fully saturated rings. The number of ether oxygens (including phenoxy) is 2. The molecule has 1 aromatic carbocycles. The topological polar surface area (TPSA) is 96.3 Å². The van der Waals surface area contributed by atoms with Gasteiger partial charge in [0.15, 0.2) is 0 Å². The quantitative estimate of drug-likeness (QED) is 0.417. The van der Waals surface area contributed by atoms with Crippen LogP contribution in [-0.4, -0.2) is 65.5 Å². The van der Waals surface area contributed by atoms with Gasteiger partial charge < -0.3 is 24.6 Å². The van der Waals surface area contributed by atoms with Gasteiger partial charge in [0.05, 0.1) is 11.5 Å². The standard InChI is InChI=1S/C32H45NO6/c1-30(2,3)32(7,31(4,5)6)29(37)39-21-24(35)20-38-25-15-14-23-18-26(22-12-9-8-10-13-22)28(36)33(16-11-17-34)27(23)19-25/h8-10,12-15,18-19,23-24,27,34-35H,11,16-17,20-21H2,1-7H3. The van der Waals surface area contributed by atoms with Crippen molar-refractivity contribution in [2.75, 3.05) is 26.4 Å². The zero-order valence-electron chi connectivity index (χ0n) is 24.4. The van der Waals surface area contributed by atoms with Crippen molar-refractivity contribution >= 4 is 17.4 Å². The van der Waals surface area contributed by atoms with Crippen LogP contribution in [0.5, 0.6) is 0 Å². The van der Waals surface area contributed by atoms with Crippen LogP contribution in [0, 0.1) is 22.2 Å². The van der Waals surface area contributed by atoms with E-state index in [1.54, 1.807) is 4.90 Å². The average molecular weight is 540 g/mol. The molecule has 39 heavy (non-hydrogen) atoms. The van der Waals surface area contributed by atoms with Crippen LogP contribution in [0.25, 0.3) is 5.57 Å². The molecule has 1 aliphatic carbocycles. The lowest BCUT2D eigenvalue weighted by atomic mass is 9.55. The van der Waals surface area contributed by atoms with Crippen molar-refractivity contribution in [3.8, 4) is 0 Å². The van der Waals surface area contributed by atoms with Gasteiger partial charge in [-0.1, -0.05) is 84.0 Å². The molecule has 0 radical (unpaired) electrons. The summed E-state index contributed by atoms with van der Waals surface area (Å²) in [5, 5.41) is 20.0. The highest BCUT2D eigenvalue weighted by Crippen LogP contribution is 2.52. The fraction of sp³-hybridized carbons (Fsp3) is 0.562.